The van der Waals surface area contributed by atoms with Gasteiger partial charge in [0.25, 0.3) is 5.69 Å². The molecule has 0 saturated carbocycles. The summed E-state index contributed by atoms with van der Waals surface area (Å²) in [5.41, 5.74) is 1.86. The SMILES string of the molecule is Cc1ccc(N2CCNCC2C)c([N+](=O)[O-])c1. The monoisotopic (exact) mass is 235 g/mol. The topological polar surface area (TPSA) is 58.4 Å². The Morgan fingerprint density at radius 3 is 2.94 bits per heavy atom. The molecule has 2 rings (SSSR count). The number of anilines is 1. The molecule has 1 aromatic rings. The van der Waals surface area contributed by atoms with E-state index in [1.165, 1.54) is 0 Å². The molecule has 1 N–H and O–H groups in total. The molecule has 1 saturated heterocycles. The predicted molar refractivity (Wildman–Crippen MR) is 67.5 cm³/mol. The second-order valence-electron chi connectivity index (χ2n) is 4.50. The van der Waals surface area contributed by atoms with Crippen molar-refractivity contribution in [3.63, 3.8) is 0 Å². The Morgan fingerprint density at radius 1 is 1.53 bits per heavy atom. The first-order valence-electron chi connectivity index (χ1n) is 5.82. The van der Waals surface area contributed by atoms with Crippen molar-refractivity contribution in [3.8, 4) is 0 Å². The average Bonchev–Trinajstić information content (AvgIpc) is 2.30. The van der Waals surface area contributed by atoms with Crippen LogP contribution in [0.5, 0.6) is 0 Å². The van der Waals surface area contributed by atoms with Gasteiger partial charge in [-0.15, -0.1) is 0 Å². The van der Waals surface area contributed by atoms with Crippen LogP contribution in [0.3, 0.4) is 0 Å². The van der Waals surface area contributed by atoms with Crippen LogP contribution in [0, 0.1) is 17.0 Å². The van der Waals surface area contributed by atoms with E-state index in [0.717, 1.165) is 30.9 Å². The zero-order valence-electron chi connectivity index (χ0n) is 10.1. The zero-order valence-corrected chi connectivity index (χ0v) is 10.1. The van der Waals surface area contributed by atoms with Gasteiger partial charge in [0, 0.05) is 31.7 Å². The van der Waals surface area contributed by atoms with E-state index in [-0.39, 0.29) is 16.7 Å². The van der Waals surface area contributed by atoms with Gasteiger partial charge in [-0.1, -0.05) is 6.07 Å². The molecule has 1 atom stereocenters. The summed E-state index contributed by atoms with van der Waals surface area (Å²) in [6.07, 6.45) is 0. The fourth-order valence-electron chi connectivity index (χ4n) is 2.22. The Labute approximate surface area is 101 Å². The molecule has 0 aromatic heterocycles. The summed E-state index contributed by atoms with van der Waals surface area (Å²) in [7, 11) is 0. The molecule has 0 bridgehead atoms. The minimum Gasteiger partial charge on any atom is -0.361 e. The van der Waals surface area contributed by atoms with Crippen molar-refractivity contribution in [3.05, 3.63) is 33.9 Å². The van der Waals surface area contributed by atoms with Gasteiger partial charge in [-0.25, -0.2) is 0 Å². The molecule has 1 aliphatic heterocycles. The molecule has 0 spiro atoms. The van der Waals surface area contributed by atoms with Gasteiger partial charge in [0.2, 0.25) is 0 Å². The number of hydrogen-bond acceptors (Lipinski definition) is 4. The van der Waals surface area contributed by atoms with Crippen LogP contribution in [0.1, 0.15) is 12.5 Å². The number of aryl methyl sites for hydroxylation is 1. The quantitative estimate of drug-likeness (QED) is 0.626. The van der Waals surface area contributed by atoms with E-state index >= 15 is 0 Å². The largest absolute Gasteiger partial charge is 0.361 e. The summed E-state index contributed by atoms with van der Waals surface area (Å²) >= 11 is 0. The molecule has 1 aromatic carbocycles. The maximum absolute atomic E-state index is 11.1. The van der Waals surface area contributed by atoms with E-state index in [0.29, 0.717) is 0 Å². The minimum absolute atomic E-state index is 0.207. The lowest BCUT2D eigenvalue weighted by Crippen LogP contribution is -2.50. The third-order valence-corrected chi connectivity index (χ3v) is 3.14. The van der Waals surface area contributed by atoms with Crippen molar-refractivity contribution < 1.29 is 4.92 Å². The molecule has 17 heavy (non-hydrogen) atoms. The average molecular weight is 235 g/mol. The molecule has 5 nitrogen and oxygen atoms in total. The third-order valence-electron chi connectivity index (χ3n) is 3.14. The molecule has 0 amide bonds. The Bertz CT molecular complexity index is 434. The maximum atomic E-state index is 11.1. The Morgan fingerprint density at radius 2 is 2.29 bits per heavy atom. The Kier molecular flexibility index (Phi) is 3.28. The number of rotatable bonds is 2. The minimum atomic E-state index is -0.295. The summed E-state index contributed by atoms with van der Waals surface area (Å²) < 4.78 is 0. The number of nitro groups is 1. The van der Waals surface area contributed by atoms with Gasteiger partial charge in [-0.2, -0.15) is 0 Å². The van der Waals surface area contributed by atoms with E-state index in [1.54, 1.807) is 6.07 Å². The van der Waals surface area contributed by atoms with Crippen molar-refractivity contribution in [1.29, 1.82) is 0 Å². The molecule has 1 aliphatic rings. The fraction of sp³-hybridized carbons (Fsp3) is 0.500. The van der Waals surface area contributed by atoms with Gasteiger partial charge in [0.1, 0.15) is 5.69 Å². The van der Waals surface area contributed by atoms with Crippen molar-refractivity contribution in [1.82, 2.24) is 5.32 Å². The number of hydrogen-bond donors (Lipinski definition) is 1. The fourth-order valence-corrected chi connectivity index (χ4v) is 2.22. The standard InChI is InChI=1S/C12H17N3O2/c1-9-3-4-11(12(7-9)15(16)17)14-6-5-13-8-10(14)2/h3-4,7,10,13H,5-6,8H2,1-2H3. The summed E-state index contributed by atoms with van der Waals surface area (Å²) in [6.45, 7) is 6.50. The second kappa shape index (κ2) is 4.71. The lowest BCUT2D eigenvalue weighted by molar-refractivity contribution is -0.384. The van der Waals surface area contributed by atoms with Gasteiger partial charge < -0.3 is 10.2 Å². The van der Waals surface area contributed by atoms with Crippen molar-refractivity contribution >= 4 is 11.4 Å². The van der Waals surface area contributed by atoms with E-state index < -0.39 is 0 Å². The van der Waals surface area contributed by atoms with Gasteiger partial charge in [-0.3, -0.25) is 10.1 Å². The highest BCUT2D eigenvalue weighted by Crippen LogP contribution is 2.30. The van der Waals surface area contributed by atoms with Crippen LogP contribution in [0.4, 0.5) is 11.4 Å². The first kappa shape index (κ1) is 11.9. The van der Waals surface area contributed by atoms with Crippen LogP contribution in [0.15, 0.2) is 18.2 Å². The summed E-state index contributed by atoms with van der Waals surface area (Å²) in [5, 5.41) is 14.4. The molecule has 1 heterocycles. The third kappa shape index (κ3) is 2.39. The van der Waals surface area contributed by atoms with Crippen LogP contribution in [-0.2, 0) is 0 Å². The highest BCUT2D eigenvalue weighted by Gasteiger charge is 2.25. The van der Waals surface area contributed by atoms with E-state index in [1.807, 2.05) is 19.1 Å². The van der Waals surface area contributed by atoms with Gasteiger partial charge in [-0.05, 0) is 25.5 Å². The Balaban J connectivity index is 2.39. The Hall–Kier alpha value is -1.62. The zero-order chi connectivity index (χ0) is 12.4. The van der Waals surface area contributed by atoms with Gasteiger partial charge >= 0.3 is 0 Å². The molecule has 1 unspecified atom stereocenters. The molecule has 92 valence electrons. The molecular weight excluding hydrogens is 218 g/mol. The number of benzene rings is 1. The van der Waals surface area contributed by atoms with Gasteiger partial charge in [0.15, 0.2) is 0 Å². The van der Waals surface area contributed by atoms with Gasteiger partial charge in [0.05, 0.1) is 4.92 Å². The summed E-state index contributed by atoms with van der Waals surface area (Å²) in [4.78, 5) is 12.9. The second-order valence-corrected chi connectivity index (χ2v) is 4.50. The van der Waals surface area contributed by atoms with Crippen LogP contribution < -0.4 is 10.2 Å². The van der Waals surface area contributed by atoms with E-state index in [4.69, 9.17) is 0 Å². The van der Waals surface area contributed by atoms with Crippen molar-refractivity contribution in [2.45, 2.75) is 19.9 Å². The first-order chi connectivity index (χ1) is 8.09. The normalized spacial score (nSPS) is 20.4. The number of nitrogens with zero attached hydrogens (tertiary/aromatic N) is 2. The van der Waals surface area contributed by atoms with Crippen LogP contribution in [0.2, 0.25) is 0 Å². The number of nitro benzene ring substituents is 1. The van der Waals surface area contributed by atoms with Crippen LogP contribution in [-0.4, -0.2) is 30.6 Å². The number of piperazine rings is 1. The molecule has 1 fully saturated rings. The summed E-state index contributed by atoms with van der Waals surface area (Å²) in [5.74, 6) is 0. The smallest absolute Gasteiger partial charge is 0.292 e. The van der Waals surface area contributed by atoms with Crippen LogP contribution in [0.25, 0.3) is 0 Å². The van der Waals surface area contributed by atoms with E-state index in [2.05, 4.69) is 17.1 Å². The first-order valence-corrected chi connectivity index (χ1v) is 5.82. The molecular formula is C12H17N3O2. The molecule has 0 radical (unpaired) electrons. The van der Waals surface area contributed by atoms with Crippen LogP contribution >= 0.6 is 0 Å². The van der Waals surface area contributed by atoms with Crippen molar-refractivity contribution in [2.75, 3.05) is 24.5 Å². The number of nitrogens with one attached hydrogen (secondary N) is 1. The predicted octanol–water partition coefficient (Wildman–Crippen LogP) is 1.70. The molecule has 0 aliphatic carbocycles. The maximum Gasteiger partial charge on any atom is 0.292 e. The lowest BCUT2D eigenvalue weighted by atomic mass is 10.1. The summed E-state index contributed by atoms with van der Waals surface area (Å²) in [6, 6.07) is 5.71. The lowest BCUT2D eigenvalue weighted by Gasteiger charge is -2.35. The van der Waals surface area contributed by atoms with Crippen molar-refractivity contribution in [2.24, 2.45) is 0 Å². The molecule has 5 heteroatoms. The highest BCUT2D eigenvalue weighted by atomic mass is 16.6. The van der Waals surface area contributed by atoms with E-state index in [9.17, 15) is 10.1 Å². The highest BCUT2D eigenvalue weighted by molar-refractivity contribution is 5.65.